The predicted molar refractivity (Wildman–Crippen MR) is 112 cm³/mol. The highest BCUT2D eigenvalue weighted by atomic mass is 35.5. The van der Waals surface area contributed by atoms with E-state index in [9.17, 15) is 0 Å². The van der Waals surface area contributed by atoms with Crippen LogP contribution in [-0.2, 0) is 20.1 Å². The average molecular weight is 401 g/mol. The molecular weight excluding hydrogens is 376 g/mol. The van der Waals surface area contributed by atoms with Crippen LogP contribution in [0.2, 0.25) is 5.02 Å². The highest BCUT2D eigenvalue weighted by Crippen LogP contribution is 2.15. The van der Waals surface area contributed by atoms with Crippen LogP contribution in [0.1, 0.15) is 11.4 Å². The van der Waals surface area contributed by atoms with E-state index in [2.05, 4.69) is 15.4 Å². The molecule has 0 fully saturated rings. The van der Waals surface area contributed by atoms with E-state index in [1.54, 1.807) is 14.2 Å². The molecule has 0 aliphatic heterocycles. The Hall–Kier alpha value is -2.93. The fourth-order valence-corrected chi connectivity index (χ4v) is 3.20. The number of hydrogen-bond donors (Lipinski definition) is 1. The Bertz CT molecular complexity index is 944. The van der Waals surface area contributed by atoms with Crippen molar-refractivity contribution >= 4 is 17.6 Å². The maximum atomic E-state index is 6.07. The van der Waals surface area contributed by atoms with Gasteiger partial charge in [0.05, 0.1) is 36.6 Å². The highest BCUT2D eigenvalue weighted by Gasteiger charge is 2.10. The maximum absolute atomic E-state index is 6.07. The molecule has 0 saturated carbocycles. The number of methoxy groups -OCH3 is 1. The number of hydrogen-bond acceptors (Lipinski definition) is 3. The average Bonchev–Trinajstić information content (AvgIpc) is 3.28. The largest absolute Gasteiger partial charge is 0.497 e. The fourth-order valence-electron chi connectivity index (χ4n) is 2.93. The van der Waals surface area contributed by atoms with Crippen LogP contribution in [0, 0.1) is 0 Å². The number of ether oxygens (including phenoxy) is 1. The number of aliphatic imine (C=N–C) groups is 1. The van der Waals surface area contributed by atoms with Crippen LogP contribution < -0.4 is 10.1 Å². The van der Waals surface area contributed by atoms with Crippen LogP contribution in [-0.4, -0.2) is 46.4 Å². The predicted octanol–water partition coefficient (Wildman–Crippen LogP) is 3.08. The van der Waals surface area contributed by atoms with Gasteiger partial charge < -0.3 is 19.5 Å². The van der Waals surface area contributed by atoms with Gasteiger partial charge in [0.15, 0.2) is 5.96 Å². The molecule has 2 aromatic heterocycles. The number of benzene rings is 1. The molecule has 148 valence electrons. The van der Waals surface area contributed by atoms with Crippen molar-refractivity contribution in [2.45, 2.75) is 13.1 Å². The molecule has 0 radical (unpaired) electrons. The van der Waals surface area contributed by atoms with Crippen LogP contribution in [0.15, 0.2) is 53.8 Å². The fraction of sp³-hybridized carbons (Fsp3) is 0.300. The lowest BCUT2D eigenvalue weighted by atomic mass is 10.3. The maximum Gasteiger partial charge on any atom is 0.194 e. The molecule has 0 bridgehead atoms. The number of rotatable bonds is 6. The van der Waals surface area contributed by atoms with Gasteiger partial charge in [-0.25, -0.2) is 4.68 Å². The zero-order chi connectivity index (χ0) is 20.1. The Kier molecular flexibility index (Phi) is 6.26. The lowest BCUT2D eigenvalue weighted by Crippen LogP contribution is -2.38. The summed E-state index contributed by atoms with van der Waals surface area (Å²) in [5, 5.41) is 8.71. The first kappa shape index (κ1) is 19.8. The van der Waals surface area contributed by atoms with Crippen molar-refractivity contribution in [1.82, 2.24) is 24.6 Å². The van der Waals surface area contributed by atoms with Gasteiger partial charge in [0.25, 0.3) is 0 Å². The highest BCUT2D eigenvalue weighted by molar-refractivity contribution is 6.30. The molecule has 0 aliphatic rings. The minimum atomic E-state index is 0.577. The third kappa shape index (κ3) is 4.67. The summed E-state index contributed by atoms with van der Waals surface area (Å²) < 4.78 is 9.05. The van der Waals surface area contributed by atoms with E-state index >= 15 is 0 Å². The molecule has 28 heavy (non-hydrogen) atoms. The van der Waals surface area contributed by atoms with Gasteiger partial charge in [0.1, 0.15) is 5.75 Å². The van der Waals surface area contributed by atoms with Crippen molar-refractivity contribution in [3.63, 3.8) is 0 Å². The molecule has 3 aromatic rings. The summed E-state index contributed by atoms with van der Waals surface area (Å²) in [6.07, 6.45) is 3.84. The number of nitrogens with zero attached hydrogens (tertiary/aromatic N) is 5. The van der Waals surface area contributed by atoms with Crippen LogP contribution >= 0.6 is 11.6 Å². The molecule has 2 heterocycles. The third-order valence-corrected chi connectivity index (χ3v) is 4.66. The molecule has 7 nitrogen and oxygen atoms in total. The first-order valence-electron chi connectivity index (χ1n) is 8.91. The second-order valence-electron chi connectivity index (χ2n) is 6.47. The first-order chi connectivity index (χ1) is 13.5. The first-order valence-corrected chi connectivity index (χ1v) is 9.29. The van der Waals surface area contributed by atoms with Gasteiger partial charge in [-0.3, -0.25) is 4.99 Å². The molecule has 0 aliphatic carbocycles. The summed E-state index contributed by atoms with van der Waals surface area (Å²) in [4.78, 5) is 6.41. The van der Waals surface area contributed by atoms with E-state index in [4.69, 9.17) is 16.3 Å². The molecule has 3 rings (SSSR count). The van der Waals surface area contributed by atoms with Crippen molar-refractivity contribution in [2.24, 2.45) is 12.0 Å². The smallest absolute Gasteiger partial charge is 0.194 e. The summed E-state index contributed by atoms with van der Waals surface area (Å²) in [5.74, 6) is 1.61. The van der Waals surface area contributed by atoms with Gasteiger partial charge in [-0.15, -0.1) is 0 Å². The minimum Gasteiger partial charge on any atom is -0.497 e. The number of aryl methyl sites for hydroxylation is 1. The van der Waals surface area contributed by atoms with E-state index < -0.39 is 0 Å². The topological polar surface area (TPSA) is 59.6 Å². The van der Waals surface area contributed by atoms with Gasteiger partial charge in [-0.1, -0.05) is 11.6 Å². The molecule has 0 atom stereocenters. The van der Waals surface area contributed by atoms with Crippen LogP contribution in [0.5, 0.6) is 5.75 Å². The lowest BCUT2D eigenvalue weighted by molar-refractivity contribution is 0.414. The zero-order valence-electron chi connectivity index (χ0n) is 16.6. The normalized spacial score (nSPS) is 11.5. The van der Waals surface area contributed by atoms with Crippen molar-refractivity contribution < 1.29 is 4.74 Å². The molecule has 0 unspecified atom stereocenters. The van der Waals surface area contributed by atoms with E-state index in [1.807, 2.05) is 77.0 Å². The number of nitrogens with one attached hydrogen (secondary N) is 1. The third-order valence-electron chi connectivity index (χ3n) is 4.46. The van der Waals surface area contributed by atoms with Gasteiger partial charge in [0.2, 0.25) is 0 Å². The molecule has 0 spiro atoms. The van der Waals surface area contributed by atoms with E-state index in [-0.39, 0.29) is 0 Å². The van der Waals surface area contributed by atoms with Gasteiger partial charge in [-0.2, -0.15) is 5.10 Å². The summed E-state index contributed by atoms with van der Waals surface area (Å²) in [6.45, 7) is 1.28. The lowest BCUT2D eigenvalue weighted by Gasteiger charge is -2.22. The number of guanidine groups is 1. The Morgan fingerprint density at radius 3 is 2.64 bits per heavy atom. The van der Waals surface area contributed by atoms with Crippen molar-refractivity contribution in [1.29, 1.82) is 0 Å². The van der Waals surface area contributed by atoms with E-state index in [0.717, 1.165) is 33.8 Å². The Balaban J connectivity index is 1.60. The summed E-state index contributed by atoms with van der Waals surface area (Å²) >= 11 is 6.07. The Morgan fingerprint density at radius 1 is 1.29 bits per heavy atom. The molecule has 1 N–H and O–H groups in total. The van der Waals surface area contributed by atoms with Crippen LogP contribution in [0.3, 0.4) is 0 Å². The quantitative estimate of drug-likeness (QED) is 0.510. The standard InChI is InChI=1S/C20H25ClN6O/c1-22-20(26(3)14-18-11-15(21)13-25(18)2)23-12-16-9-10-27(24-16)17-5-7-19(28-4)8-6-17/h5-11,13H,12,14H2,1-4H3,(H,22,23). The van der Waals surface area contributed by atoms with Gasteiger partial charge >= 0.3 is 0 Å². The van der Waals surface area contributed by atoms with Crippen molar-refractivity contribution in [3.05, 3.63) is 65.2 Å². The number of halogens is 1. The van der Waals surface area contributed by atoms with Crippen molar-refractivity contribution in [3.8, 4) is 11.4 Å². The zero-order valence-corrected chi connectivity index (χ0v) is 17.3. The molecule has 8 heteroatoms. The Labute approximate surface area is 170 Å². The summed E-state index contributed by atoms with van der Waals surface area (Å²) in [6, 6.07) is 11.7. The van der Waals surface area contributed by atoms with E-state index in [0.29, 0.717) is 13.1 Å². The summed E-state index contributed by atoms with van der Waals surface area (Å²) in [5.41, 5.74) is 3.01. The number of aromatic nitrogens is 3. The van der Waals surface area contributed by atoms with Crippen LogP contribution in [0.25, 0.3) is 5.69 Å². The van der Waals surface area contributed by atoms with Crippen LogP contribution in [0.4, 0.5) is 0 Å². The minimum absolute atomic E-state index is 0.577. The monoisotopic (exact) mass is 400 g/mol. The molecule has 0 amide bonds. The van der Waals surface area contributed by atoms with Gasteiger partial charge in [-0.05, 0) is 36.4 Å². The van der Waals surface area contributed by atoms with Crippen molar-refractivity contribution in [2.75, 3.05) is 21.2 Å². The molecule has 1 aromatic carbocycles. The molecule has 0 saturated heterocycles. The SMILES string of the molecule is CN=C(NCc1ccn(-c2ccc(OC)cc2)n1)N(C)Cc1cc(Cl)cn1C. The summed E-state index contributed by atoms with van der Waals surface area (Å²) in [7, 11) is 7.40. The second-order valence-corrected chi connectivity index (χ2v) is 6.90. The van der Waals surface area contributed by atoms with E-state index in [1.165, 1.54) is 0 Å². The second kappa shape index (κ2) is 8.84. The molecular formula is C20H25ClN6O. The van der Waals surface area contributed by atoms with Gasteiger partial charge in [0, 0.05) is 39.2 Å². The Morgan fingerprint density at radius 2 is 2.04 bits per heavy atom.